The number of hydrogen-bond donors (Lipinski definition) is 0. The van der Waals surface area contributed by atoms with E-state index in [1.54, 1.807) is 0 Å². The molecule has 1 aliphatic heterocycles. The van der Waals surface area contributed by atoms with E-state index in [0.717, 1.165) is 18.5 Å². The molecule has 1 unspecified atom stereocenters. The van der Waals surface area contributed by atoms with Crippen molar-refractivity contribution in [2.24, 2.45) is 0 Å². The monoisotopic (exact) mass is 286 g/mol. The van der Waals surface area contributed by atoms with Gasteiger partial charge >= 0.3 is 0 Å². The third kappa shape index (κ3) is 2.98. The quantitative estimate of drug-likeness (QED) is 0.838. The van der Waals surface area contributed by atoms with Crippen LogP contribution in [0, 0.1) is 5.82 Å². The number of ketones is 1. The maximum absolute atomic E-state index is 13.1. The standard InChI is InChI=1S/C12H15FN2O3S/c1-9(16)5-11-3-2-4-15(11)19(17,18)12-6-10(13)7-14-8-12/h6-8,11H,2-5H2,1H3. The third-order valence-electron chi connectivity index (χ3n) is 3.13. The van der Waals surface area contributed by atoms with Crippen LogP contribution in [-0.2, 0) is 14.8 Å². The molecular weight excluding hydrogens is 271 g/mol. The first-order valence-corrected chi connectivity index (χ1v) is 7.47. The molecule has 0 N–H and O–H groups in total. The number of aromatic nitrogens is 1. The average Bonchev–Trinajstić information content (AvgIpc) is 2.77. The second kappa shape index (κ2) is 5.34. The summed E-state index contributed by atoms with van der Waals surface area (Å²) < 4.78 is 39.1. The van der Waals surface area contributed by atoms with E-state index >= 15 is 0 Å². The van der Waals surface area contributed by atoms with Gasteiger partial charge in [0.1, 0.15) is 16.5 Å². The Hall–Kier alpha value is -1.34. The van der Waals surface area contributed by atoms with E-state index in [1.807, 2.05) is 0 Å². The number of nitrogens with zero attached hydrogens (tertiary/aromatic N) is 2. The van der Waals surface area contributed by atoms with Crippen LogP contribution in [0.5, 0.6) is 0 Å². The number of rotatable bonds is 4. The lowest BCUT2D eigenvalue weighted by Crippen LogP contribution is -2.36. The van der Waals surface area contributed by atoms with Crippen molar-refractivity contribution in [3.8, 4) is 0 Å². The van der Waals surface area contributed by atoms with Gasteiger partial charge < -0.3 is 0 Å². The van der Waals surface area contributed by atoms with Crippen molar-refractivity contribution in [3.05, 3.63) is 24.3 Å². The average molecular weight is 286 g/mol. The van der Waals surface area contributed by atoms with Crippen LogP contribution in [0.15, 0.2) is 23.4 Å². The molecule has 0 saturated carbocycles. The van der Waals surface area contributed by atoms with Gasteiger partial charge in [0.25, 0.3) is 0 Å². The second-order valence-corrected chi connectivity index (χ2v) is 6.55. The molecular formula is C12H15FN2O3S. The van der Waals surface area contributed by atoms with Crippen molar-refractivity contribution < 1.29 is 17.6 Å². The van der Waals surface area contributed by atoms with Crippen molar-refractivity contribution in [2.45, 2.75) is 37.1 Å². The molecule has 1 saturated heterocycles. The zero-order valence-electron chi connectivity index (χ0n) is 10.5. The van der Waals surface area contributed by atoms with Gasteiger partial charge in [0.15, 0.2) is 0 Å². The molecule has 5 nitrogen and oxygen atoms in total. The molecule has 19 heavy (non-hydrogen) atoms. The Morgan fingerprint density at radius 3 is 2.89 bits per heavy atom. The van der Waals surface area contributed by atoms with E-state index in [0.29, 0.717) is 19.4 Å². The van der Waals surface area contributed by atoms with Crippen LogP contribution in [0.2, 0.25) is 0 Å². The fourth-order valence-electron chi connectivity index (χ4n) is 2.33. The predicted octanol–water partition coefficient (Wildman–Crippen LogP) is 1.35. The van der Waals surface area contributed by atoms with Crippen molar-refractivity contribution in [3.63, 3.8) is 0 Å². The number of halogens is 1. The first kappa shape index (κ1) is 14.1. The van der Waals surface area contributed by atoms with Crippen LogP contribution in [0.3, 0.4) is 0 Å². The third-order valence-corrected chi connectivity index (χ3v) is 5.05. The van der Waals surface area contributed by atoms with Crippen LogP contribution >= 0.6 is 0 Å². The van der Waals surface area contributed by atoms with E-state index in [2.05, 4.69) is 4.98 Å². The maximum atomic E-state index is 13.1. The fourth-order valence-corrected chi connectivity index (χ4v) is 4.00. The summed E-state index contributed by atoms with van der Waals surface area (Å²) in [6.45, 7) is 1.80. The Labute approximate surface area is 111 Å². The Balaban J connectivity index is 2.31. The van der Waals surface area contributed by atoms with Gasteiger partial charge in [0.05, 0.1) is 6.20 Å². The molecule has 2 rings (SSSR count). The highest BCUT2D eigenvalue weighted by Crippen LogP contribution is 2.27. The van der Waals surface area contributed by atoms with Gasteiger partial charge in [-0.3, -0.25) is 9.78 Å². The zero-order valence-corrected chi connectivity index (χ0v) is 11.4. The highest BCUT2D eigenvalue weighted by atomic mass is 32.2. The van der Waals surface area contributed by atoms with Gasteiger partial charge in [0, 0.05) is 25.2 Å². The molecule has 104 valence electrons. The first-order chi connectivity index (χ1) is 8.91. The van der Waals surface area contributed by atoms with E-state index < -0.39 is 15.8 Å². The summed E-state index contributed by atoms with van der Waals surface area (Å²) in [6.07, 6.45) is 3.64. The normalized spacial score (nSPS) is 20.6. The van der Waals surface area contributed by atoms with Crippen molar-refractivity contribution in [1.29, 1.82) is 0 Å². The number of sulfonamides is 1. The molecule has 1 fully saturated rings. The Bertz CT molecular complexity index is 588. The van der Waals surface area contributed by atoms with Gasteiger partial charge in [0.2, 0.25) is 10.0 Å². The van der Waals surface area contributed by atoms with Crippen LogP contribution in [0.4, 0.5) is 4.39 Å². The number of carbonyl (C=O) groups excluding carboxylic acids is 1. The van der Waals surface area contributed by atoms with Crippen LogP contribution in [0.25, 0.3) is 0 Å². The lowest BCUT2D eigenvalue weighted by molar-refractivity contribution is -0.117. The Morgan fingerprint density at radius 1 is 1.53 bits per heavy atom. The Kier molecular flexibility index (Phi) is 3.96. The SMILES string of the molecule is CC(=O)CC1CCCN1S(=O)(=O)c1cncc(F)c1. The van der Waals surface area contributed by atoms with E-state index in [1.165, 1.54) is 11.2 Å². The van der Waals surface area contributed by atoms with Crippen LogP contribution in [-0.4, -0.2) is 36.1 Å². The van der Waals surface area contributed by atoms with Crippen molar-refractivity contribution in [2.75, 3.05) is 6.54 Å². The largest absolute Gasteiger partial charge is 0.300 e. The molecule has 0 amide bonds. The number of carbonyl (C=O) groups is 1. The second-order valence-electron chi connectivity index (χ2n) is 4.66. The zero-order chi connectivity index (χ0) is 14.0. The molecule has 0 aliphatic carbocycles. The van der Waals surface area contributed by atoms with Gasteiger partial charge in [-0.2, -0.15) is 4.31 Å². The summed E-state index contributed by atoms with van der Waals surface area (Å²) in [4.78, 5) is 14.6. The molecule has 0 spiro atoms. The van der Waals surface area contributed by atoms with Crippen LogP contribution < -0.4 is 0 Å². The highest BCUT2D eigenvalue weighted by Gasteiger charge is 2.36. The molecule has 7 heteroatoms. The van der Waals surface area contributed by atoms with E-state index in [-0.39, 0.29) is 23.1 Å². The minimum Gasteiger partial charge on any atom is -0.300 e. The molecule has 1 aliphatic rings. The summed E-state index contributed by atoms with van der Waals surface area (Å²) in [7, 11) is -3.78. The Morgan fingerprint density at radius 2 is 2.26 bits per heavy atom. The number of pyridine rings is 1. The summed E-state index contributed by atoms with van der Waals surface area (Å²) in [5.74, 6) is -0.743. The summed E-state index contributed by atoms with van der Waals surface area (Å²) in [6, 6.07) is 0.622. The van der Waals surface area contributed by atoms with Crippen molar-refractivity contribution in [1.82, 2.24) is 9.29 Å². The van der Waals surface area contributed by atoms with Gasteiger partial charge in [-0.25, -0.2) is 12.8 Å². The summed E-state index contributed by atoms with van der Waals surface area (Å²) >= 11 is 0. The lowest BCUT2D eigenvalue weighted by atomic mass is 10.1. The fraction of sp³-hybridized carbons (Fsp3) is 0.500. The van der Waals surface area contributed by atoms with Gasteiger partial charge in [-0.05, 0) is 25.8 Å². The molecule has 0 radical (unpaired) electrons. The molecule has 2 heterocycles. The summed E-state index contributed by atoms with van der Waals surface area (Å²) in [5, 5.41) is 0. The molecule has 1 aromatic rings. The minimum atomic E-state index is -3.78. The minimum absolute atomic E-state index is 0.0514. The lowest BCUT2D eigenvalue weighted by Gasteiger charge is -2.23. The van der Waals surface area contributed by atoms with Crippen LogP contribution in [0.1, 0.15) is 26.2 Å². The molecule has 1 atom stereocenters. The maximum Gasteiger partial charge on any atom is 0.244 e. The van der Waals surface area contributed by atoms with E-state index in [9.17, 15) is 17.6 Å². The van der Waals surface area contributed by atoms with Crippen molar-refractivity contribution >= 4 is 15.8 Å². The molecule has 1 aromatic heterocycles. The number of hydrogen-bond acceptors (Lipinski definition) is 4. The highest BCUT2D eigenvalue weighted by molar-refractivity contribution is 7.89. The topological polar surface area (TPSA) is 67.3 Å². The smallest absolute Gasteiger partial charge is 0.244 e. The van der Waals surface area contributed by atoms with Gasteiger partial charge in [-0.15, -0.1) is 0 Å². The molecule has 0 bridgehead atoms. The van der Waals surface area contributed by atoms with E-state index in [4.69, 9.17) is 0 Å². The first-order valence-electron chi connectivity index (χ1n) is 6.03. The molecule has 0 aromatic carbocycles. The predicted molar refractivity (Wildman–Crippen MR) is 66.4 cm³/mol. The van der Waals surface area contributed by atoms with Gasteiger partial charge in [-0.1, -0.05) is 0 Å². The number of Topliss-reactive ketones (excluding diaryl/α,β-unsaturated/α-hetero) is 1. The summed E-state index contributed by atoms with van der Waals surface area (Å²) in [5.41, 5.74) is 0.